The van der Waals surface area contributed by atoms with Crippen molar-refractivity contribution in [3.05, 3.63) is 58.4 Å². The molecule has 0 aliphatic heterocycles. The SMILES string of the molecule is COc1ccc(CCCNC(=O)CSCc2ccc(Cl)cc2F)cc1OC. The van der Waals surface area contributed by atoms with Crippen LogP contribution in [0.1, 0.15) is 17.5 Å². The van der Waals surface area contributed by atoms with Gasteiger partial charge in [-0.25, -0.2) is 4.39 Å². The average molecular weight is 412 g/mol. The third-order valence-electron chi connectivity index (χ3n) is 3.92. The summed E-state index contributed by atoms with van der Waals surface area (Å²) in [5.74, 6) is 1.72. The van der Waals surface area contributed by atoms with E-state index in [1.165, 1.54) is 17.8 Å². The third kappa shape index (κ3) is 6.96. The first-order chi connectivity index (χ1) is 13.0. The van der Waals surface area contributed by atoms with E-state index in [2.05, 4.69) is 5.32 Å². The van der Waals surface area contributed by atoms with E-state index >= 15 is 0 Å². The maximum atomic E-state index is 13.7. The van der Waals surface area contributed by atoms with E-state index < -0.39 is 0 Å². The lowest BCUT2D eigenvalue weighted by molar-refractivity contribution is -0.118. The van der Waals surface area contributed by atoms with E-state index in [1.54, 1.807) is 26.4 Å². The smallest absolute Gasteiger partial charge is 0.230 e. The molecule has 27 heavy (non-hydrogen) atoms. The standard InChI is InChI=1S/C20H23ClFNO3S/c1-25-18-8-5-14(10-19(18)26-2)4-3-9-23-20(24)13-27-12-15-6-7-16(21)11-17(15)22/h5-8,10-11H,3-4,9,12-13H2,1-2H3,(H,23,24). The zero-order chi connectivity index (χ0) is 19.6. The first-order valence-electron chi connectivity index (χ1n) is 8.52. The number of hydrogen-bond acceptors (Lipinski definition) is 4. The number of thioether (sulfide) groups is 1. The Morgan fingerprint density at radius 1 is 1.15 bits per heavy atom. The van der Waals surface area contributed by atoms with Gasteiger partial charge in [0, 0.05) is 17.3 Å². The molecule has 0 heterocycles. The lowest BCUT2D eigenvalue weighted by Crippen LogP contribution is -2.26. The van der Waals surface area contributed by atoms with Gasteiger partial charge in [0.05, 0.1) is 20.0 Å². The highest BCUT2D eigenvalue weighted by Crippen LogP contribution is 2.27. The van der Waals surface area contributed by atoms with Gasteiger partial charge in [-0.05, 0) is 48.2 Å². The second kappa shape index (κ2) is 11.0. The molecule has 0 saturated heterocycles. The van der Waals surface area contributed by atoms with Crippen LogP contribution in [0.3, 0.4) is 0 Å². The minimum absolute atomic E-state index is 0.0540. The van der Waals surface area contributed by atoms with Crippen molar-refractivity contribution in [2.24, 2.45) is 0 Å². The molecule has 0 unspecified atom stereocenters. The molecule has 0 aliphatic carbocycles. The maximum absolute atomic E-state index is 13.7. The molecular formula is C20H23ClFNO3S. The second-order valence-corrected chi connectivity index (χ2v) is 7.29. The van der Waals surface area contributed by atoms with Crippen LogP contribution in [0.4, 0.5) is 4.39 Å². The van der Waals surface area contributed by atoms with Crippen molar-refractivity contribution >= 4 is 29.3 Å². The van der Waals surface area contributed by atoms with Crippen LogP contribution in [0.5, 0.6) is 11.5 Å². The maximum Gasteiger partial charge on any atom is 0.230 e. The topological polar surface area (TPSA) is 47.6 Å². The number of carbonyl (C=O) groups excluding carboxylic acids is 1. The van der Waals surface area contributed by atoms with Crippen LogP contribution in [0.15, 0.2) is 36.4 Å². The highest BCUT2D eigenvalue weighted by molar-refractivity contribution is 7.99. The fraction of sp³-hybridized carbons (Fsp3) is 0.350. The van der Waals surface area contributed by atoms with Gasteiger partial charge < -0.3 is 14.8 Å². The second-order valence-electron chi connectivity index (χ2n) is 5.87. The van der Waals surface area contributed by atoms with Crippen molar-refractivity contribution in [2.75, 3.05) is 26.5 Å². The molecule has 1 N–H and O–H groups in total. The predicted octanol–water partition coefficient (Wildman–Crippen LogP) is 4.48. The van der Waals surface area contributed by atoms with Gasteiger partial charge in [0.15, 0.2) is 11.5 Å². The summed E-state index contributed by atoms with van der Waals surface area (Å²) in [6.07, 6.45) is 1.64. The number of aryl methyl sites for hydroxylation is 1. The van der Waals surface area contributed by atoms with Gasteiger partial charge in [-0.1, -0.05) is 23.7 Å². The fourth-order valence-corrected chi connectivity index (χ4v) is 3.50. The molecule has 4 nitrogen and oxygen atoms in total. The van der Waals surface area contributed by atoms with E-state index in [4.69, 9.17) is 21.1 Å². The first-order valence-corrected chi connectivity index (χ1v) is 10.1. The largest absolute Gasteiger partial charge is 0.493 e. The number of halogens is 2. The number of ether oxygens (including phenoxy) is 2. The number of benzene rings is 2. The van der Waals surface area contributed by atoms with Crippen LogP contribution in [0, 0.1) is 5.82 Å². The number of hydrogen-bond donors (Lipinski definition) is 1. The Balaban J connectivity index is 1.66. The summed E-state index contributed by atoms with van der Waals surface area (Å²) in [7, 11) is 3.21. The van der Waals surface area contributed by atoms with Gasteiger partial charge in [0.1, 0.15) is 5.82 Å². The number of carbonyl (C=O) groups is 1. The van der Waals surface area contributed by atoms with Crippen molar-refractivity contribution in [3.8, 4) is 11.5 Å². The molecule has 0 aliphatic rings. The Hall–Kier alpha value is -1.92. The van der Waals surface area contributed by atoms with E-state index in [1.807, 2.05) is 18.2 Å². The third-order valence-corrected chi connectivity index (χ3v) is 5.13. The molecule has 0 spiro atoms. The fourth-order valence-electron chi connectivity index (χ4n) is 2.50. The molecule has 2 aromatic carbocycles. The Morgan fingerprint density at radius 3 is 2.63 bits per heavy atom. The van der Waals surface area contributed by atoms with Gasteiger partial charge >= 0.3 is 0 Å². The van der Waals surface area contributed by atoms with Gasteiger partial charge in [-0.2, -0.15) is 0 Å². The van der Waals surface area contributed by atoms with Crippen molar-refractivity contribution in [3.63, 3.8) is 0 Å². The Morgan fingerprint density at radius 2 is 1.93 bits per heavy atom. The summed E-state index contributed by atoms with van der Waals surface area (Å²) in [5, 5.41) is 3.25. The Kier molecular flexibility index (Phi) is 8.75. The molecule has 2 rings (SSSR count). The van der Waals surface area contributed by atoms with Crippen LogP contribution in [0.2, 0.25) is 5.02 Å². The molecule has 0 atom stereocenters. The highest BCUT2D eigenvalue weighted by atomic mass is 35.5. The van der Waals surface area contributed by atoms with E-state index in [0.717, 1.165) is 18.4 Å². The summed E-state index contributed by atoms with van der Waals surface area (Å²) in [6, 6.07) is 10.4. The van der Waals surface area contributed by atoms with E-state index in [9.17, 15) is 9.18 Å². The minimum Gasteiger partial charge on any atom is -0.493 e. The average Bonchev–Trinajstić information content (AvgIpc) is 2.66. The predicted molar refractivity (Wildman–Crippen MR) is 108 cm³/mol. The summed E-state index contributed by atoms with van der Waals surface area (Å²) in [5.41, 5.74) is 1.67. The number of rotatable bonds is 10. The molecule has 0 saturated carbocycles. The van der Waals surface area contributed by atoms with Crippen molar-refractivity contribution < 1.29 is 18.7 Å². The molecule has 1 amide bonds. The summed E-state index contributed by atoms with van der Waals surface area (Å²) in [6.45, 7) is 0.586. The van der Waals surface area contributed by atoms with Crippen LogP contribution in [-0.4, -0.2) is 32.4 Å². The van der Waals surface area contributed by atoms with Gasteiger partial charge in [-0.3, -0.25) is 4.79 Å². The Bertz CT molecular complexity index is 773. The molecule has 0 fully saturated rings. The molecule has 0 bridgehead atoms. The highest BCUT2D eigenvalue weighted by Gasteiger charge is 2.07. The lowest BCUT2D eigenvalue weighted by atomic mass is 10.1. The summed E-state index contributed by atoms with van der Waals surface area (Å²) in [4.78, 5) is 11.9. The van der Waals surface area contributed by atoms with Crippen LogP contribution in [0.25, 0.3) is 0 Å². The van der Waals surface area contributed by atoms with Gasteiger partial charge in [-0.15, -0.1) is 11.8 Å². The van der Waals surface area contributed by atoms with Crippen molar-refractivity contribution in [1.82, 2.24) is 5.32 Å². The number of methoxy groups -OCH3 is 2. The Labute approximate surface area is 168 Å². The van der Waals surface area contributed by atoms with Crippen LogP contribution in [-0.2, 0) is 17.0 Å². The quantitative estimate of drug-likeness (QED) is 0.585. The molecule has 0 radical (unpaired) electrons. The van der Waals surface area contributed by atoms with Gasteiger partial charge in [0.25, 0.3) is 0 Å². The lowest BCUT2D eigenvalue weighted by Gasteiger charge is -2.10. The molecule has 7 heteroatoms. The van der Waals surface area contributed by atoms with Crippen molar-refractivity contribution in [1.29, 1.82) is 0 Å². The monoisotopic (exact) mass is 411 g/mol. The number of amides is 1. The summed E-state index contributed by atoms with van der Waals surface area (Å²) >= 11 is 7.10. The normalized spacial score (nSPS) is 10.5. The van der Waals surface area contributed by atoms with Gasteiger partial charge in [0.2, 0.25) is 5.91 Å². The van der Waals surface area contributed by atoms with Crippen LogP contribution < -0.4 is 14.8 Å². The molecule has 0 aromatic heterocycles. The molecule has 146 valence electrons. The van der Waals surface area contributed by atoms with Crippen molar-refractivity contribution in [2.45, 2.75) is 18.6 Å². The number of nitrogens with one attached hydrogen (secondary N) is 1. The minimum atomic E-state index is -0.342. The zero-order valence-corrected chi connectivity index (χ0v) is 17.0. The van der Waals surface area contributed by atoms with Crippen LogP contribution >= 0.6 is 23.4 Å². The molecular weight excluding hydrogens is 389 g/mol. The first kappa shape index (κ1) is 21.4. The van der Waals surface area contributed by atoms with E-state index in [-0.39, 0.29) is 11.7 Å². The molecule has 2 aromatic rings. The summed E-state index contributed by atoms with van der Waals surface area (Å²) < 4.78 is 24.2. The van der Waals surface area contributed by atoms with E-state index in [0.29, 0.717) is 40.1 Å². The zero-order valence-electron chi connectivity index (χ0n) is 15.4.